The van der Waals surface area contributed by atoms with Crippen molar-refractivity contribution >= 4 is 43.2 Å². The zero-order valence-corrected chi connectivity index (χ0v) is 16.2. The third-order valence-electron chi connectivity index (χ3n) is 3.72. The number of sulfonamides is 1. The summed E-state index contributed by atoms with van der Waals surface area (Å²) in [6.45, 7) is 4.29. The van der Waals surface area contributed by atoms with Crippen LogP contribution in [0.3, 0.4) is 0 Å². The van der Waals surface area contributed by atoms with Crippen molar-refractivity contribution in [2.45, 2.75) is 24.0 Å². The molecular formula is C14H21BrN2O4S2. The van der Waals surface area contributed by atoms with Crippen molar-refractivity contribution in [1.29, 1.82) is 0 Å². The fraction of sp³-hybridized carbons (Fsp3) is 0.643. The van der Waals surface area contributed by atoms with Gasteiger partial charge in [-0.3, -0.25) is 4.79 Å². The lowest BCUT2D eigenvalue weighted by Gasteiger charge is -2.30. The summed E-state index contributed by atoms with van der Waals surface area (Å²) >= 11 is 4.49. The topological polar surface area (TPSA) is 75.7 Å². The number of amides is 1. The highest BCUT2D eigenvalue weighted by Gasteiger charge is 2.32. The molecule has 0 saturated carbocycles. The number of piperidine rings is 1. The molecule has 1 aliphatic rings. The molecule has 1 fully saturated rings. The number of rotatable bonds is 7. The van der Waals surface area contributed by atoms with E-state index in [0.717, 1.165) is 3.79 Å². The largest absolute Gasteiger partial charge is 0.380 e. The van der Waals surface area contributed by atoms with Crippen molar-refractivity contribution in [2.75, 3.05) is 32.8 Å². The van der Waals surface area contributed by atoms with Crippen LogP contribution in [-0.4, -0.2) is 51.5 Å². The fourth-order valence-electron chi connectivity index (χ4n) is 2.46. The van der Waals surface area contributed by atoms with Crippen molar-refractivity contribution < 1.29 is 17.9 Å². The first-order valence-electron chi connectivity index (χ1n) is 7.56. The van der Waals surface area contributed by atoms with Gasteiger partial charge in [-0.25, -0.2) is 8.42 Å². The van der Waals surface area contributed by atoms with Gasteiger partial charge >= 0.3 is 0 Å². The second kappa shape index (κ2) is 8.57. The molecule has 23 heavy (non-hydrogen) atoms. The van der Waals surface area contributed by atoms with Crippen LogP contribution in [0.2, 0.25) is 0 Å². The van der Waals surface area contributed by atoms with Crippen molar-refractivity contribution in [3.63, 3.8) is 0 Å². The van der Waals surface area contributed by atoms with Crippen LogP contribution >= 0.6 is 27.3 Å². The van der Waals surface area contributed by atoms with E-state index in [1.165, 1.54) is 15.6 Å². The maximum absolute atomic E-state index is 12.5. The van der Waals surface area contributed by atoms with Crippen molar-refractivity contribution in [3.05, 3.63) is 15.9 Å². The van der Waals surface area contributed by atoms with Gasteiger partial charge in [0.2, 0.25) is 5.91 Å². The van der Waals surface area contributed by atoms with Crippen molar-refractivity contribution in [2.24, 2.45) is 5.92 Å². The first kappa shape index (κ1) is 18.9. The third-order valence-corrected chi connectivity index (χ3v) is 7.71. The SMILES string of the molecule is CCOCCNC(=O)C1CCN(S(=O)(=O)c2ccc(Br)s2)CC1. The molecule has 0 bridgehead atoms. The Kier molecular flexibility index (Phi) is 7.02. The Labute approximate surface area is 149 Å². The van der Waals surface area contributed by atoms with E-state index in [0.29, 0.717) is 49.9 Å². The zero-order valence-electron chi connectivity index (χ0n) is 13.0. The van der Waals surface area contributed by atoms with Gasteiger partial charge in [-0.15, -0.1) is 11.3 Å². The normalized spacial score (nSPS) is 17.3. The highest BCUT2D eigenvalue weighted by atomic mass is 79.9. The number of halogens is 1. The molecule has 1 saturated heterocycles. The molecule has 0 radical (unpaired) electrons. The van der Waals surface area contributed by atoms with Crippen LogP contribution in [-0.2, 0) is 19.6 Å². The number of nitrogens with one attached hydrogen (secondary N) is 1. The second-order valence-corrected chi connectivity index (χ2v) is 9.85. The van der Waals surface area contributed by atoms with Gasteiger partial charge in [-0.1, -0.05) is 0 Å². The first-order chi connectivity index (χ1) is 10.9. The average molecular weight is 425 g/mol. The Morgan fingerprint density at radius 2 is 2.13 bits per heavy atom. The molecule has 2 rings (SSSR count). The van der Waals surface area contributed by atoms with E-state index in [9.17, 15) is 13.2 Å². The van der Waals surface area contributed by atoms with Crippen LogP contribution in [0.4, 0.5) is 0 Å². The molecule has 130 valence electrons. The van der Waals surface area contributed by atoms with E-state index in [1.54, 1.807) is 12.1 Å². The Morgan fingerprint density at radius 1 is 1.43 bits per heavy atom. The van der Waals surface area contributed by atoms with E-state index >= 15 is 0 Å². The second-order valence-electron chi connectivity index (χ2n) is 5.22. The summed E-state index contributed by atoms with van der Waals surface area (Å²) in [5, 5.41) is 2.84. The number of nitrogens with zero attached hydrogens (tertiary/aromatic N) is 1. The molecule has 6 nitrogen and oxygen atoms in total. The lowest BCUT2D eigenvalue weighted by Crippen LogP contribution is -2.43. The van der Waals surface area contributed by atoms with Crippen LogP contribution in [0.5, 0.6) is 0 Å². The van der Waals surface area contributed by atoms with Gasteiger partial charge in [0.25, 0.3) is 10.0 Å². The minimum Gasteiger partial charge on any atom is -0.380 e. The minimum atomic E-state index is -3.44. The van der Waals surface area contributed by atoms with Gasteiger partial charge in [-0.05, 0) is 47.8 Å². The fourth-order valence-corrected chi connectivity index (χ4v) is 6.09. The van der Waals surface area contributed by atoms with E-state index in [1.807, 2.05) is 6.92 Å². The molecule has 9 heteroatoms. The molecule has 0 aromatic carbocycles. The molecule has 0 spiro atoms. The molecule has 0 atom stereocenters. The van der Waals surface area contributed by atoms with Gasteiger partial charge in [0.05, 0.1) is 10.4 Å². The Bertz CT molecular complexity index is 624. The maximum Gasteiger partial charge on any atom is 0.252 e. The van der Waals surface area contributed by atoms with Crippen LogP contribution in [0.1, 0.15) is 19.8 Å². The molecule has 1 aliphatic heterocycles. The Hall–Kier alpha value is -0.480. The summed E-state index contributed by atoms with van der Waals surface area (Å²) in [6.07, 6.45) is 1.10. The number of thiophene rings is 1. The summed E-state index contributed by atoms with van der Waals surface area (Å²) in [4.78, 5) is 12.1. The molecule has 1 N–H and O–H groups in total. The number of hydrogen-bond donors (Lipinski definition) is 1. The highest BCUT2D eigenvalue weighted by molar-refractivity contribution is 9.11. The third kappa shape index (κ3) is 4.99. The molecule has 2 heterocycles. The zero-order chi connectivity index (χ0) is 16.9. The van der Waals surface area contributed by atoms with Gasteiger partial charge in [-0.2, -0.15) is 4.31 Å². The molecule has 1 amide bonds. The average Bonchev–Trinajstić information content (AvgIpc) is 2.99. The van der Waals surface area contributed by atoms with E-state index in [4.69, 9.17) is 4.74 Å². The van der Waals surface area contributed by atoms with Crippen molar-refractivity contribution in [3.8, 4) is 0 Å². The summed E-state index contributed by atoms with van der Waals surface area (Å²) in [7, 11) is -3.44. The standard InChI is InChI=1S/C14H21BrN2O4S2/c1-2-21-10-7-16-14(18)11-5-8-17(9-6-11)23(19,20)13-4-3-12(15)22-13/h3-4,11H,2,5-10H2,1H3,(H,16,18). The predicted molar refractivity (Wildman–Crippen MR) is 93.0 cm³/mol. The summed E-state index contributed by atoms with van der Waals surface area (Å²) in [5.74, 6) is -0.140. The van der Waals surface area contributed by atoms with Gasteiger partial charge in [0.1, 0.15) is 4.21 Å². The molecule has 1 aromatic heterocycles. The number of carbonyl (C=O) groups is 1. The van der Waals surface area contributed by atoms with Gasteiger partial charge in [0, 0.05) is 32.2 Å². The molecular weight excluding hydrogens is 404 g/mol. The molecule has 0 aliphatic carbocycles. The van der Waals surface area contributed by atoms with Gasteiger partial charge in [0.15, 0.2) is 0 Å². The van der Waals surface area contributed by atoms with E-state index in [-0.39, 0.29) is 11.8 Å². The highest BCUT2D eigenvalue weighted by Crippen LogP contribution is 2.30. The summed E-state index contributed by atoms with van der Waals surface area (Å²) in [6, 6.07) is 3.34. The Balaban J connectivity index is 1.85. The number of carbonyl (C=O) groups excluding carboxylic acids is 1. The summed E-state index contributed by atoms with van der Waals surface area (Å²) < 4.78 is 32.8. The lowest BCUT2D eigenvalue weighted by atomic mass is 9.97. The van der Waals surface area contributed by atoms with Crippen LogP contribution in [0.25, 0.3) is 0 Å². The van der Waals surface area contributed by atoms with Crippen molar-refractivity contribution in [1.82, 2.24) is 9.62 Å². The number of ether oxygens (including phenoxy) is 1. The van der Waals surface area contributed by atoms with Crippen LogP contribution in [0.15, 0.2) is 20.1 Å². The van der Waals surface area contributed by atoms with Gasteiger partial charge < -0.3 is 10.1 Å². The smallest absolute Gasteiger partial charge is 0.252 e. The first-order valence-corrected chi connectivity index (χ1v) is 10.6. The van der Waals surface area contributed by atoms with E-state index < -0.39 is 10.0 Å². The number of hydrogen-bond acceptors (Lipinski definition) is 5. The molecule has 0 unspecified atom stereocenters. The lowest BCUT2D eigenvalue weighted by molar-refractivity contribution is -0.126. The predicted octanol–water partition coefficient (Wildman–Crippen LogP) is 2.06. The van der Waals surface area contributed by atoms with Crippen LogP contribution < -0.4 is 5.32 Å². The minimum absolute atomic E-state index is 0.0133. The maximum atomic E-state index is 12.5. The van der Waals surface area contributed by atoms with Crippen LogP contribution in [0, 0.1) is 5.92 Å². The quantitative estimate of drug-likeness (QED) is 0.679. The molecule has 1 aromatic rings. The monoisotopic (exact) mass is 424 g/mol. The Morgan fingerprint density at radius 3 is 2.70 bits per heavy atom. The van der Waals surface area contributed by atoms with E-state index in [2.05, 4.69) is 21.2 Å². The summed E-state index contributed by atoms with van der Waals surface area (Å²) in [5.41, 5.74) is 0.